The average molecular weight is 419 g/mol. The number of ketones is 1. The van der Waals surface area contributed by atoms with Gasteiger partial charge in [0, 0.05) is 30.3 Å². The summed E-state index contributed by atoms with van der Waals surface area (Å²) in [5, 5.41) is 6.91. The Morgan fingerprint density at radius 3 is 2.74 bits per heavy atom. The Morgan fingerprint density at radius 2 is 1.97 bits per heavy atom. The van der Waals surface area contributed by atoms with Gasteiger partial charge in [0.1, 0.15) is 17.1 Å². The van der Waals surface area contributed by atoms with Gasteiger partial charge in [-0.3, -0.25) is 9.20 Å². The first kappa shape index (κ1) is 21.9. The van der Waals surface area contributed by atoms with Crippen molar-refractivity contribution in [3.63, 3.8) is 0 Å². The topological polar surface area (TPSA) is 102 Å². The zero-order valence-electron chi connectivity index (χ0n) is 18.0. The molecular weight excluding hydrogens is 394 g/mol. The maximum Gasteiger partial charge on any atom is 0.274 e. The molecule has 0 aliphatic heterocycles. The molecule has 0 spiro atoms. The van der Waals surface area contributed by atoms with E-state index in [0.29, 0.717) is 47.1 Å². The number of imidazole rings is 1. The lowest BCUT2D eigenvalue weighted by atomic mass is 10.1. The van der Waals surface area contributed by atoms with Gasteiger partial charge in [0.05, 0.1) is 6.20 Å². The molecule has 31 heavy (non-hydrogen) atoms. The van der Waals surface area contributed by atoms with Gasteiger partial charge in [-0.05, 0) is 37.6 Å². The van der Waals surface area contributed by atoms with Gasteiger partial charge in [0.25, 0.3) is 5.91 Å². The summed E-state index contributed by atoms with van der Waals surface area (Å²) >= 11 is 0. The van der Waals surface area contributed by atoms with E-state index in [-0.39, 0.29) is 11.7 Å². The summed E-state index contributed by atoms with van der Waals surface area (Å²) in [5.41, 5.74) is 3.40. The number of hydrogen-bond acceptors (Lipinski definition) is 6. The summed E-state index contributed by atoms with van der Waals surface area (Å²) < 4.78 is 6.95. The van der Waals surface area contributed by atoms with E-state index in [0.717, 1.165) is 5.56 Å². The SMILES string of the molecule is CC.CC(=O)CCc1nc(-c2ccc(C)c(NC(=O)c3cnc4ccccn34)c2)no1. The number of aromatic nitrogens is 4. The monoisotopic (exact) mass is 419 g/mol. The van der Waals surface area contributed by atoms with Gasteiger partial charge in [0.15, 0.2) is 0 Å². The molecule has 8 heteroatoms. The normalized spacial score (nSPS) is 10.5. The third-order valence-corrected chi connectivity index (χ3v) is 4.55. The maximum absolute atomic E-state index is 12.8. The van der Waals surface area contributed by atoms with Crippen molar-refractivity contribution in [1.82, 2.24) is 19.5 Å². The smallest absolute Gasteiger partial charge is 0.274 e. The Hall–Kier alpha value is -3.81. The predicted octanol–water partition coefficient (Wildman–Crippen LogP) is 4.49. The molecule has 0 saturated heterocycles. The second-order valence-electron chi connectivity index (χ2n) is 6.77. The van der Waals surface area contributed by atoms with Crippen LogP contribution in [0.4, 0.5) is 5.69 Å². The molecule has 3 aromatic heterocycles. The van der Waals surface area contributed by atoms with E-state index >= 15 is 0 Å². The van der Waals surface area contributed by atoms with Gasteiger partial charge in [-0.25, -0.2) is 4.98 Å². The van der Waals surface area contributed by atoms with Crippen LogP contribution in [-0.2, 0) is 11.2 Å². The van der Waals surface area contributed by atoms with Crippen LogP contribution in [0.5, 0.6) is 0 Å². The Kier molecular flexibility index (Phi) is 6.92. The lowest BCUT2D eigenvalue weighted by molar-refractivity contribution is -0.117. The first-order chi connectivity index (χ1) is 15.0. The first-order valence-corrected chi connectivity index (χ1v) is 10.2. The molecule has 0 fully saturated rings. The van der Waals surface area contributed by atoms with E-state index in [1.54, 1.807) is 22.9 Å². The van der Waals surface area contributed by atoms with Gasteiger partial charge < -0.3 is 14.6 Å². The number of carbonyl (C=O) groups excluding carboxylic acids is 2. The first-order valence-electron chi connectivity index (χ1n) is 10.2. The van der Waals surface area contributed by atoms with E-state index < -0.39 is 0 Å². The van der Waals surface area contributed by atoms with Gasteiger partial charge in [0.2, 0.25) is 11.7 Å². The van der Waals surface area contributed by atoms with Gasteiger partial charge in [-0.15, -0.1) is 0 Å². The highest BCUT2D eigenvalue weighted by molar-refractivity contribution is 6.04. The lowest BCUT2D eigenvalue weighted by Gasteiger charge is -2.09. The third kappa shape index (κ3) is 5.03. The Balaban J connectivity index is 0.00000132. The summed E-state index contributed by atoms with van der Waals surface area (Å²) in [6, 6.07) is 11.1. The zero-order valence-corrected chi connectivity index (χ0v) is 18.0. The number of pyridine rings is 1. The minimum Gasteiger partial charge on any atom is -0.339 e. The number of nitrogens with one attached hydrogen (secondary N) is 1. The van der Waals surface area contributed by atoms with E-state index in [2.05, 4.69) is 20.4 Å². The Morgan fingerprint density at radius 1 is 1.16 bits per heavy atom. The summed E-state index contributed by atoms with van der Waals surface area (Å²) in [4.78, 5) is 32.5. The number of amides is 1. The van der Waals surface area contributed by atoms with Crippen LogP contribution in [0.3, 0.4) is 0 Å². The number of nitrogens with zero attached hydrogens (tertiary/aromatic N) is 4. The third-order valence-electron chi connectivity index (χ3n) is 4.55. The van der Waals surface area contributed by atoms with E-state index in [9.17, 15) is 9.59 Å². The molecule has 0 saturated carbocycles. The van der Waals surface area contributed by atoms with Gasteiger partial charge >= 0.3 is 0 Å². The molecule has 4 aromatic rings. The minimum absolute atomic E-state index is 0.0671. The fraction of sp³-hybridized carbons (Fsp3) is 0.261. The molecule has 0 bridgehead atoms. The number of rotatable bonds is 6. The van der Waals surface area contributed by atoms with Crippen LogP contribution in [0.2, 0.25) is 0 Å². The molecule has 1 N–H and O–H groups in total. The molecule has 0 aliphatic rings. The van der Waals surface area contributed by atoms with Crippen molar-refractivity contribution in [2.45, 2.75) is 40.5 Å². The van der Waals surface area contributed by atoms with Crippen LogP contribution in [0.15, 0.2) is 53.3 Å². The van der Waals surface area contributed by atoms with E-state index in [1.165, 1.54) is 6.92 Å². The number of fused-ring (bicyclic) bond motifs is 1. The fourth-order valence-corrected chi connectivity index (χ4v) is 2.94. The summed E-state index contributed by atoms with van der Waals surface area (Å²) in [6.07, 6.45) is 4.11. The van der Waals surface area contributed by atoms with Gasteiger partial charge in [-0.2, -0.15) is 4.98 Å². The lowest BCUT2D eigenvalue weighted by Crippen LogP contribution is -2.15. The average Bonchev–Trinajstić information content (AvgIpc) is 3.42. The highest BCUT2D eigenvalue weighted by Gasteiger charge is 2.15. The molecule has 1 amide bonds. The number of hydrogen-bond donors (Lipinski definition) is 1. The molecule has 3 heterocycles. The fourth-order valence-electron chi connectivity index (χ4n) is 2.94. The molecule has 0 aliphatic carbocycles. The van der Waals surface area contributed by atoms with E-state index in [1.807, 2.05) is 51.1 Å². The highest BCUT2D eigenvalue weighted by Crippen LogP contribution is 2.24. The number of benzene rings is 1. The molecule has 8 nitrogen and oxygen atoms in total. The molecule has 0 atom stereocenters. The minimum atomic E-state index is -0.265. The van der Waals surface area contributed by atoms with Crippen molar-refractivity contribution in [2.75, 3.05) is 5.32 Å². The molecule has 1 aromatic carbocycles. The molecule has 0 radical (unpaired) electrons. The second-order valence-corrected chi connectivity index (χ2v) is 6.77. The van der Waals surface area contributed by atoms with Crippen molar-refractivity contribution in [1.29, 1.82) is 0 Å². The molecule has 0 unspecified atom stereocenters. The van der Waals surface area contributed by atoms with Crippen molar-refractivity contribution in [3.8, 4) is 11.4 Å². The summed E-state index contributed by atoms with van der Waals surface area (Å²) in [6.45, 7) is 7.43. The number of carbonyl (C=O) groups is 2. The predicted molar refractivity (Wildman–Crippen MR) is 118 cm³/mol. The van der Waals surface area contributed by atoms with Crippen molar-refractivity contribution in [2.24, 2.45) is 0 Å². The van der Waals surface area contributed by atoms with E-state index in [4.69, 9.17) is 4.52 Å². The highest BCUT2D eigenvalue weighted by atomic mass is 16.5. The largest absolute Gasteiger partial charge is 0.339 e. The zero-order chi connectivity index (χ0) is 22.4. The summed E-state index contributed by atoms with van der Waals surface area (Å²) in [5.74, 6) is 0.623. The quantitative estimate of drug-likeness (QED) is 0.494. The number of Topliss-reactive ketones (excluding diaryl/α,β-unsaturated/α-hetero) is 1. The summed E-state index contributed by atoms with van der Waals surface area (Å²) in [7, 11) is 0. The molecule has 4 rings (SSSR count). The number of aryl methyl sites for hydroxylation is 2. The Bertz CT molecular complexity index is 1210. The number of anilines is 1. The van der Waals surface area contributed by atoms with Crippen LogP contribution >= 0.6 is 0 Å². The second kappa shape index (κ2) is 9.80. The van der Waals surface area contributed by atoms with Crippen LogP contribution in [0.1, 0.15) is 49.1 Å². The molecular formula is C23H25N5O3. The Labute approximate surface area is 180 Å². The van der Waals surface area contributed by atoms with Crippen LogP contribution in [-0.4, -0.2) is 31.2 Å². The van der Waals surface area contributed by atoms with Crippen LogP contribution in [0.25, 0.3) is 17.0 Å². The van der Waals surface area contributed by atoms with Crippen molar-refractivity contribution < 1.29 is 14.1 Å². The standard InChI is InChI=1S/C21H19N5O3.C2H6/c1-13-6-8-15(20-24-19(29-25-20)9-7-14(2)27)11-16(13)23-21(28)17-12-22-18-5-3-4-10-26(17)18;1-2/h3-6,8,10-12H,7,9H2,1-2H3,(H,23,28);1-2H3. The van der Waals surface area contributed by atoms with Crippen molar-refractivity contribution >= 4 is 23.0 Å². The van der Waals surface area contributed by atoms with Crippen LogP contribution in [0, 0.1) is 6.92 Å². The van der Waals surface area contributed by atoms with Crippen molar-refractivity contribution in [3.05, 3.63) is 65.9 Å². The maximum atomic E-state index is 12.8. The molecule has 160 valence electrons. The van der Waals surface area contributed by atoms with Crippen LogP contribution < -0.4 is 5.32 Å². The van der Waals surface area contributed by atoms with Gasteiger partial charge in [-0.1, -0.05) is 37.2 Å².